The number of amides is 2. The van der Waals surface area contributed by atoms with Gasteiger partial charge in [-0.2, -0.15) is 0 Å². The van der Waals surface area contributed by atoms with Crippen LogP contribution in [0.15, 0.2) is 18.2 Å². The highest BCUT2D eigenvalue weighted by atomic mass is 16.6. The average Bonchev–Trinajstić information content (AvgIpc) is 2.92. The summed E-state index contributed by atoms with van der Waals surface area (Å²) in [6.45, 7) is 9.88. The summed E-state index contributed by atoms with van der Waals surface area (Å²) < 4.78 is 5.46. The summed E-state index contributed by atoms with van der Waals surface area (Å²) in [6, 6.07) is 3.15. The molecule has 1 saturated carbocycles. The number of nitrogens with one attached hydrogen (secondary N) is 1. The van der Waals surface area contributed by atoms with Crippen LogP contribution in [0, 0.1) is 27.4 Å². The first-order chi connectivity index (χ1) is 12.8. The molecule has 2 fully saturated rings. The molecule has 2 aliphatic rings. The van der Waals surface area contributed by atoms with Gasteiger partial charge in [0.25, 0.3) is 5.69 Å². The number of nitrogens with zero attached hydrogens (tertiary/aromatic N) is 2. The molecule has 1 aromatic rings. The van der Waals surface area contributed by atoms with Gasteiger partial charge in [-0.15, -0.1) is 0 Å². The van der Waals surface area contributed by atoms with E-state index in [0.717, 1.165) is 0 Å². The van der Waals surface area contributed by atoms with Crippen molar-refractivity contribution >= 4 is 29.1 Å². The topological polar surface area (TPSA) is 128 Å². The average molecular weight is 390 g/mol. The Kier molecular flexibility index (Phi) is 4.52. The molecular formula is C19H26N4O5. The van der Waals surface area contributed by atoms with Gasteiger partial charge in [0.05, 0.1) is 16.3 Å². The number of likely N-dealkylation sites (tertiary alicyclic amines) is 1. The van der Waals surface area contributed by atoms with Gasteiger partial charge in [-0.25, -0.2) is 4.79 Å². The maximum absolute atomic E-state index is 13.1. The van der Waals surface area contributed by atoms with E-state index >= 15 is 0 Å². The molecule has 3 N–H and O–H groups in total. The van der Waals surface area contributed by atoms with Gasteiger partial charge in [0.15, 0.2) is 0 Å². The van der Waals surface area contributed by atoms with E-state index in [0.29, 0.717) is 6.54 Å². The fourth-order valence-electron chi connectivity index (χ4n) is 4.07. The second-order valence-corrected chi connectivity index (χ2v) is 9.05. The van der Waals surface area contributed by atoms with Gasteiger partial charge in [0.1, 0.15) is 11.6 Å². The van der Waals surface area contributed by atoms with Crippen LogP contribution in [0.2, 0.25) is 0 Å². The van der Waals surface area contributed by atoms with Gasteiger partial charge in [0.2, 0.25) is 5.91 Å². The minimum Gasteiger partial charge on any atom is -0.444 e. The molecule has 9 nitrogen and oxygen atoms in total. The molecule has 3 atom stereocenters. The second kappa shape index (κ2) is 6.35. The van der Waals surface area contributed by atoms with Gasteiger partial charge >= 0.3 is 6.09 Å². The van der Waals surface area contributed by atoms with Gasteiger partial charge in [0, 0.05) is 18.7 Å². The Morgan fingerprint density at radius 2 is 2.00 bits per heavy atom. The summed E-state index contributed by atoms with van der Waals surface area (Å²) in [6.07, 6.45) is -0.539. The van der Waals surface area contributed by atoms with Crippen molar-refractivity contribution in [2.45, 2.75) is 46.3 Å². The fourth-order valence-corrected chi connectivity index (χ4v) is 4.07. The van der Waals surface area contributed by atoms with Crippen molar-refractivity contribution in [2.75, 3.05) is 17.6 Å². The van der Waals surface area contributed by atoms with Crippen LogP contribution in [0.5, 0.6) is 0 Å². The predicted octanol–water partition coefficient (Wildman–Crippen LogP) is 3.01. The summed E-state index contributed by atoms with van der Waals surface area (Å²) >= 11 is 0. The maximum Gasteiger partial charge on any atom is 0.410 e. The molecule has 0 spiro atoms. The summed E-state index contributed by atoms with van der Waals surface area (Å²) in [7, 11) is 0. The quantitative estimate of drug-likeness (QED) is 0.464. The van der Waals surface area contributed by atoms with Crippen LogP contribution >= 0.6 is 0 Å². The molecule has 1 heterocycles. The SMILES string of the molecule is CC(C)(C)OC(=O)N1C[C@H]2[C@@H]([C@H]1C(=O)Nc1cc([N+](=O)[O-])ccc1N)C2(C)C. The summed E-state index contributed by atoms with van der Waals surface area (Å²) in [5.74, 6) is -0.214. The number of rotatable bonds is 3. The highest BCUT2D eigenvalue weighted by molar-refractivity contribution is 6.00. The van der Waals surface area contributed by atoms with Crippen molar-refractivity contribution in [1.82, 2.24) is 4.90 Å². The molecule has 1 aliphatic heterocycles. The lowest BCUT2D eigenvalue weighted by molar-refractivity contribution is -0.384. The van der Waals surface area contributed by atoms with Gasteiger partial charge < -0.3 is 15.8 Å². The molecule has 1 aliphatic carbocycles. The van der Waals surface area contributed by atoms with E-state index < -0.39 is 28.6 Å². The lowest BCUT2D eigenvalue weighted by Gasteiger charge is -2.32. The number of nitrogen functional groups attached to an aromatic ring is 1. The van der Waals surface area contributed by atoms with Crippen LogP contribution in [0.3, 0.4) is 0 Å². The van der Waals surface area contributed by atoms with E-state index in [4.69, 9.17) is 10.5 Å². The van der Waals surface area contributed by atoms with Crippen molar-refractivity contribution in [3.05, 3.63) is 28.3 Å². The zero-order chi connectivity index (χ0) is 21.0. The Morgan fingerprint density at radius 1 is 1.36 bits per heavy atom. The van der Waals surface area contributed by atoms with Crippen LogP contribution < -0.4 is 11.1 Å². The van der Waals surface area contributed by atoms with Crippen LogP contribution in [-0.2, 0) is 9.53 Å². The molecule has 0 radical (unpaired) electrons. The monoisotopic (exact) mass is 390 g/mol. The lowest BCUT2D eigenvalue weighted by Crippen LogP contribution is -2.49. The zero-order valence-electron chi connectivity index (χ0n) is 16.7. The fraction of sp³-hybridized carbons (Fsp3) is 0.579. The Balaban J connectivity index is 1.84. The summed E-state index contributed by atoms with van der Waals surface area (Å²) in [5, 5.41) is 13.7. The molecule has 152 valence electrons. The molecule has 2 amide bonds. The van der Waals surface area contributed by atoms with Crippen LogP contribution in [0.25, 0.3) is 0 Å². The zero-order valence-corrected chi connectivity index (χ0v) is 16.7. The number of carbonyl (C=O) groups is 2. The lowest BCUT2D eigenvalue weighted by atomic mass is 10.0. The Bertz CT molecular complexity index is 845. The number of piperidine rings is 1. The molecular weight excluding hydrogens is 364 g/mol. The number of nitrogens with two attached hydrogens (primary N) is 1. The maximum atomic E-state index is 13.1. The van der Waals surface area contributed by atoms with Crippen LogP contribution in [0.1, 0.15) is 34.6 Å². The molecule has 0 bridgehead atoms. The molecule has 3 rings (SSSR count). The first-order valence-electron chi connectivity index (χ1n) is 9.17. The summed E-state index contributed by atoms with van der Waals surface area (Å²) in [5.41, 5.74) is 5.33. The third-order valence-electron chi connectivity index (χ3n) is 5.61. The molecule has 1 aromatic carbocycles. The Morgan fingerprint density at radius 3 is 2.57 bits per heavy atom. The molecule has 0 unspecified atom stereocenters. The smallest absolute Gasteiger partial charge is 0.410 e. The molecule has 9 heteroatoms. The van der Waals surface area contributed by atoms with Crippen molar-refractivity contribution in [3.8, 4) is 0 Å². The minimum atomic E-state index is -0.714. The number of ether oxygens (including phenoxy) is 1. The Hall–Kier alpha value is -2.84. The number of carbonyl (C=O) groups excluding carboxylic acids is 2. The number of fused-ring (bicyclic) bond motifs is 1. The predicted molar refractivity (Wildman–Crippen MR) is 104 cm³/mol. The van der Waals surface area contributed by atoms with Crippen molar-refractivity contribution in [2.24, 2.45) is 17.3 Å². The first kappa shape index (κ1) is 19.9. The third-order valence-corrected chi connectivity index (χ3v) is 5.61. The van der Waals surface area contributed by atoms with Gasteiger partial charge in [-0.3, -0.25) is 19.8 Å². The Labute approximate surface area is 163 Å². The first-order valence-corrected chi connectivity index (χ1v) is 9.17. The van der Waals surface area contributed by atoms with Gasteiger partial charge in [-0.05, 0) is 44.1 Å². The van der Waals surface area contributed by atoms with Crippen molar-refractivity contribution < 1.29 is 19.2 Å². The van der Waals surface area contributed by atoms with E-state index in [1.165, 1.54) is 23.1 Å². The van der Waals surface area contributed by atoms with Crippen LogP contribution in [-0.4, -0.2) is 40.0 Å². The molecule has 0 aromatic heterocycles. The summed E-state index contributed by atoms with van der Waals surface area (Å²) in [4.78, 5) is 37.6. The van der Waals surface area contributed by atoms with Crippen LogP contribution in [0.4, 0.5) is 21.9 Å². The largest absolute Gasteiger partial charge is 0.444 e. The van der Waals surface area contributed by atoms with E-state index in [1.54, 1.807) is 20.8 Å². The number of hydrogen-bond donors (Lipinski definition) is 2. The highest BCUT2D eigenvalue weighted by Crippen LogP contribution is 2.65. The minimum absolute atomic E-state index is 0.0000547. The number of non-ortho nitro benzene ring substituents is 1. The van der Waals surface area contributed by atoms with Crippen molar-refractivity contribution in [1.29, 1.82) is 0 Å². The molecule has 1 saturated heterocycles. The normalized spacial score (nSPS) is 25.0. The third kappa shape index (κ3) is 3.48. The number of nitro groups is 1. The van der Waals surface area contributed by atoms with E-state index in [9.17, 15) is 19.7 Å². The number of nitro benzene ring substituents is 1. The number of benzene rings is 1. The standard InChI is InChI=1S/C19H26N4O5/c1-18(2,3)28-17(25)22-9-11-14(19(11,4)5)15(22)16(24)21-13-8-10(23(26)27)6-7-12(13)20/h6-8,11,14-15H,9,20H2,1-5H3,(H,21,24)/t11-,14-,15-/m0/s1. The number of anilines is 2. The molecule has 28 heavy (non-hydrogen) atoms. The number of hydrogen-bond acceptors (Lipinski definition) is 6. The van der Waals surface area contributed by atoms with E-state index in [2.05, 4.69) is 19.2 Å². The van der Waals surface area contributed by atoms with E-state index in [-0.39, 0.29) is 34.3 Å². The highest BCUT2D eigenvalue weighted by Gasteiger charge is 2.69. The second-order valence-electron chi connectivity index (χ2n) is 9.05. The van der Waals surface area contributed by atoms with Crippen molar-refractivity contribution in [3.63, 3.8) is 0 Å². The van der Waals surface area contributed by atoms with E-state index in [1.807, 2.05) is 0 Å². The van der Waals surface area contributed by atoms with Gasteiger partial charge in [-0.1, -0.05) is 13.8 Å².